The van der Waals surface area contributed by atoms with Crippen LogP contribution in [0, 0.1) is 5.92 Å². The lowest BCUT2D eigenvalue weighted by atomic mass is 10.1. The number of ether oxygens (including phenoxy) is 1. The molecule has 3 heterocycles. The van der Waals surface area contributed by atoms with Gasteiger partial charge < -0.3 is 15.4 Å². The van der Waals surface area contributed by atoms with Crippen molar-refractivity contribution in [2.45, 2.75) is 31.9 Å². The van der Waals surface area contributed by atoms with E-state index in [0.717, 1.165) is 19.4 Å². The summed E-state index contributed by atoms with van der Waals surface area (Å²) in [7, 11) is 0. The molecule has 1 aromatic rings. The van der Waals surface area contributed by atoms with E-state index in [1.54, 1.807) is 17.1 Å². The number of hydrogen-bond acceptors (Lipinski definition) is 4. The highest BCUT2D eigenvalue weighted by molar-refractivity contribution is 5.96. The van der Waals surface area contributed by atoms with Gasteiger partial charge in [0, 0.05) is 25.8 Å². The highest BCUT2D eigenvalue weighted by Gasteiger charge is 2.28. The fraction of sp³-hybridized carbons (Fsp3) is 0.615. The Morgan fingerprint density at radius 3 is 3.20 bits per heavy atom. The summed E-state index contributed by atoms with van der Waals surface area (Å²) < 4.78 is 7.33. The molecule has 0 aliphatic carbocycles. The normalized spacial score (nSPS) is 25.7. The van der Waals surface area contributed by atoms with Crippen LogP contribution >= 0.6 is 0 Å². The molecule has 1 aromatic heterocycles. The first-order valence-electron chi connectivity index (χ1n) is 6.92. The monoisotopic (exact) mass is 278 g/mol. The first-order chi connectivity index (χ1) is 9.70. The van der Waals surface area contributed by atoms with Gasteiger partial charge in [-0.25, -0.2) is 0 Å². The molecule has 0 bridgehead atoms. The second-order valence-electron chi connectivity index (χ2n) is 5.28. The Hall–Kier alpha value is -1.89. The maximum atomic E-state index is 11.9. The van der Waals surface area contributed by atoms with Crippen LogP contribution in [0.15, 0.2) is 12.4 Å². The van der Waals surface area contributed by atoms with Crippen molar-refractivity contribution in [3.63, 3.8) is 0 Å². The third-order valence-corrected chi connectivity index (χ3v) is 3.66. The fourth-order valence-corrected chi connectivity index (χ4v) is 2.56. The molecular weight excluding hydrogens is 260 g/mol. The van der Waals surface area contributed by atoms with Gasteiger partial charge in [0.1, 0.15) is 0 Å². The van der Waals surface area contributed by atoms with E-state index >= 15 is 0 Å². The van der Waals surface area contributed by atoms with Crippen LogP contribution in [0.5, 0.6) is 0 Å². The van der Waals surface area contributed by atoms with E-state index in [4.69, 9.17) is 4.74 Å². The topological polar surface area (TPSA) is 85.2 Å². The van der Waals surface area contributed by atoms with Crippen molar-refractivity contribution in [1.82, 2.24) is 15.1 Å². The molecule has 0 radical (unpaired) electrons. The van der Waals surface area contributed by atoms with Gasteiger partial charge in [-0.05, 0) is 12.8 Å². The summed E-state index contributed by atoms with van der Waals surface area (Å²) in [6, 6.07) is 0. The maximum Gasteiger partial charge on any atom is 0.229 e. The summed E-state index contributed by atoms with van der Waals surface area (Å²) in [4.78, 5) is 23.0. The zero-order valence-electron chi connectivity index (χ0n) is 11.2. The minimum Gasteiger partial charge on any atom is -0.376 e. The van der Waals surface area contributed by atoms with Gasteiger partial charge in [0.25, 0.3) is 0 Å². The van der Waals surface area contributed by atoms with Crippen molar-refractivity contribution in [3.8, 4) is 0 Å². The summed E-state index contributed by atoms with van der Waals surface area (Å²) in [6.07, 6.45) is 6.04. The van der Waals surface area contributed by atoms with Crippen molar-refractivity contribution in [2.75, 3.05) is 18.5 Å². The summed E-state index contributed by atoms with van der Waals surface area (Å²) in [6.45, 7) is 1.94. The number of nitrogens with one attached hydrogen (secondary N) is 2. The second kappa shape index (κ2) is 5.62. The predicted molar refractivity (Wildman–Crippen MR) is 70.9 cm³/mol. The molecule has 7 nitrogen and oxygen atoms in total. The lowest BCUT2D eigenvalue weighted by molar-refractivity contribution is -0.123. The number of carbonyl (C=O) groups excluding carboxylic acids is 2. The van der Waals surface area contributed by atoms with Gasteiger partial charge in [0.2, 0.25) is 11.8 Å². The molecule has 2 N–H and O–H groups in total. The minimum atomic E-state index is -0.288. The van der Waals surface area contributed by atoms with Gasteiger partial charge in [-0.15, -0.1) is 0 Å². The molecule has 7 heteroatoms. The van der Waals surface area contributed by atoms with E-state index in [1.165, 1.54) is 0 Å². The Morgan fingerprint density at radius 1 is 1.60 bits per heavy atom. The molecule has 2 atom stereocenters. The Morgan fingerprint density at radius 2 is 2.50 bits per heavy atom. The molecule has 2 fully saturated rings. The third kappa shape index (κ3) is 2.98. The number of anilines is 1. The summed E-state index contributed by atoms with van der Waals surface area (Å²) in [5, 5.41) is 9.66. The Balaban J connectivity index is 1.53. The van der Waals surface area contributed by atoms with Gasteiger partial charge in [-0.1, -0.05) is 0 Å². The molecule has 2 aliphatic heterocycles. The van der Waals surface area contributed by atoms with E-state index in [-0.39, 0.29) is 30.3 Å². The number of amides is 2. The van der Waals surface area contributed by atoms with E-state index in [0.29, 0.717) is 18.8 Å². The van der Waals surface area contributed by atoms with Gasteiger partial charge in [0.15, 0.2) is 0 Å². The van der Waals surface area contributed by atoms with Crippen LogP contribution in [0.3, 0.4) is 0 Å². The Bertz CT molecular complexity index is 507. The lowest BCUT2D eigenvalue weighted by Crippen LogP contribution is -2.24. The zero-order valence-corrected chi connectivity index (χ0v) is 11.2. The van der Waals surface area contributed by atoms with Gasteiger partial charge >= 0.3 is 0 Å². The average Bonchev–Trinajstić information content (AvgIpc) is 3.13. The maximum absolute atomic E-state index is 11.9. The SMILES string of the molecule is O=C1CC(C(=O)Nc2cnn(CC3CCCO3)c2)CN1. The van der Waals surface area contributed by atoms with Crippen molar-refractivity contribution in [2.24, 2.45) is 5.92 Å². The smallest absolute Gasteiger partial charge is 0.229 e. The van der Waals surface area contributed by atoms with Crippen molar-refractivity contribution < 1.29 is 14.3 Å². The molecule has 2 saturated heterocycles. The van der Waals surface area contributed by atoms with E-state index in [9.17, 15) is 9.59 Å². The zero-order chi connectivity index (χ0) is 13.9. The Kier molecular flexibility index (Phi) is 3.68. The van der Waals surface area contributed by atoms with Gasteiger partial charge in [-0.3, -0.25) is 14.3 Å². The van der Waals surface area contributed by atoms with Crippen LogP contribution in [0.1, 0.15) is 19.3 Å². The standard InChI is InChI=1S/C13H18N4O3/c18-12-4-9(5-14-12)13(19)16-10-6-15-17(7-10)8-11-2-1-3-20-11/h6-7,9,11H,1-5,8H2,(H,14,18)(H,16,19). The van der Waals surface area contributed by atoms with Gasteiger partial charge in [0.05, 0.1) is 30.5 Å². The highest BCUT2D eigenvalue weighted by Crippen LogP contribution is 2.16. The average molecular weight is 278 g/mol. The number of aromatic nitrogens is 2. The molecule has 2 unspecified atom stereocenters. The first-order valence-corrected chi connectivity index (χ1v) is 6.92. The molecule has 0 spiro atoms. The van der Waals surface area contributed by atoms with Crippen molar-refractivity contribution in [1.29, 1.82) is 0 Å². The van der Waals surface area contributed by atoms with E-state index < -0.39 is 0 Å². The van der Waals surface area contributed by atoms with Crippen LogP contribution in [0.4, 0.5) is 5.69 Å². The van der Waals surface area contributed by atoms with Crippen molar-refractivity contribution >= 4 is 17.5 Å². The Labute approximate surface area is 116 Å². The molecule has 108 valence electrons. The molecule has 20 heavy (non-hydrogen) atoms. The quantitative estimate of drug-likeness (QED) is 0.820. The van der Waals surface area contributed by atoms with Crippen LogP contribution in [-0.2, 0) is 20.9 Å². The first kappa shape index (κ1) is 13.1. The van der Waals surface area contributed by atoms with Crippen LogP contribution in [-0.4, -0.2) is 40.9 Å². The summed E-state index contributed by atoms with van der Waals surface area (Å²) in [5.74, 6) is -0.497. The molecule has 2 aliphatic rings. The predicted octanol–water partition coefficient (Wildman–Crippen LogP) is 0.137. The molecule has 0 aromatic carbocycles. The molecule has 0 saturated carbocycles. The highest BCUT2D eigenvalue weighted by atomic mass is 16.5. The summed E-state index contributed by atoms with van der Waals surface area (Å²) >= 11 is 0. The second-order valence-corrected chi connectivity index (χ2v) is 5.28. The molecule has 2 amide bonds. The van der Waals surface area contributed by atoms with E-state index in [2.05, 4.69) is 15.7 Å². The number of nitrogens with zero attached hydrogens (tertiary/aromatic N) is 2. The van der Waals surface area contributed by atoms with Crippen LogP contribution < -0.4 is 10.6 Å². The third-order valence-electron chi connectivity index (χ3n) is 3.66. The van der Waals surface area contributed by atoms with Crippen LogP contribution in [0.2, 0.25) is 0 Å². The molecular formula is C13H18N4O3. The van der Waals surface area contributed by atoms with Crippen LogP contribution in [0.25, 0.3) is 0 Å². The van der Waals surface area contributed by atoms with Crippen molar-refractivity contribution in [3.05, 3.63) is 12.4 Å². The lowest BCUT2D eigenvalue weighted by Gasteiger charge is -2.09. The fourth-order valence-electron chi connectivity index (χ4n) is 2.56. The number of carbonyl (C=O) groups is 2. The minimum absolute atomic E-state index is 0.0702. The van der Waals surface area contributed by atoms with Gasteiger partial charge in [-0.2, -0.15) is 5.10 Å². The largest absolute Gasteiger partial charge is 0.376 e. The summed E-state index contributed by atoms with van der Waals surface area (Å²) in [5.41, 5.74) is 0.660. The van der Waals surface area contributed by atoms with E-state index in [1.807, 2.05) is 0 Å². The molecule has 3 rings (SSSR count). The number of hydrogen-bond donors (Lipinski definition) is 2. The number of rotatable bonds is 4.